The lowest BCUT2D eigenvalue weighted by molar-refractivity contribution is 0.0948. The fraction of sp³-hybridized carbons (Fsp3) is 0.333. The lowest BCUT2D eigenvalue weighted by atomic mass is 10.1. The second kappa shape index (κ2) is 7.97. The Kier molecular flexibility index (Phi) is 5.98. The van der Waals surface area contributed by atoms with Crippen molar-refractivity contribution in [2.24, 2.45) is 5.92 Å². The number of amides is 2. The molecule has 2 N–H and O–H groups in total. The van der Waals surface area contributed by atoms with Crippen LogP contribution in [0.1, 0.15) is 39.4 Å². The van der Waals surface area contributed by atoms with E-state index in [1.807, 2.05) is 26.2 Å². The number of methoxy groups -OCH3 is 1. The molecule has 0 unspecified atom stereocenters. The van der Waals surface area contributed by atoms with Gasteiger partial charge in [0.05, 0.1) is 7.11 Å². The normalized spacial score (nSPS) is 10.5. The zero-order valence-electron chi connectivity index (χ0n) is 14.3. The zero-order chi connectivity index (χ0) is 17.7. The van der Waals surface area contributed by atoms with Crippen molar-refractivity contribution in [1.29, 1.82) is 0 Å². The molecule has 6 heteroatoms. The second-order valence-electron chi connectivity index (χ2n) is 5.91. The summed E-state index contributed by atoms with van der Waals surface area (Å²) >= 11 is 1.32. The minimum atomic E-state index is -0.220. The van der Waals surface area contributed by atoms with Crippen LogP contribution < -0.4 is 15.4 Å². The third-order valence-electron chi connectivity index (χ3n) is 3.46. The summed E-state index contributed by atoms with van der Waals surface area (Å²) in [4.78, 5) is 25.0. The number of rotatable bonds is 6. The fourth-order valence-electron chi connectivity index (χ4n) is 2.15. The van der Waals surface area contributed by atoms with Crippen LogP contribution in [0.3, 0.4) is 0 Å². The van der Waals surface area contributed by atoms with Crippen LogP contribution in [0, 0.1) is 12.8 Å². The molecule has 1 aromatic carbocycles. The summed E-state index contributed by atoms with van der Waals surface area (Å²) < 4.78 is 5.17. The summed E-state index contributed by atoms with van der Waals surface area (Å²) in [7, 11) is 1.54. The number of hydrogen-bond acceptors (Lipinski definition) is 4. The number of nitrogens with one attached hydrogen (secondary N) is 2. The van der Waals surface area contributed by atoms with E-state index in [-0.39, 0.29) is 11.8 Å². The van der Waals surface area contributed by atoms with Crippen molar-refractivity contribution >= 4 is 28.8 Å². The Morgan fingerprint density at radius 1 is 1.21 bits per heavy atom. The van der Waals surface area contributed by atoms with Gasteiger partial charge in [0.1, 0.15) is 10.6 Å². The Morgan fingerprint density at radius 2 is 1.96 bits per heavy atom. The monoisotopic (exact) mass is 346 g/mol. The highest BCUT2D eigenvalue weighted by atomic mass is 32.1. The van der Waals surface area contributed by atoms with E-state index >= 15 is 0 Å². The average molecular weight is 346 g/mol. The van der Waals surface area contributed by atoms with Crippen molar-refractivity contribution < 1.29 is 14.3 Å². The van der Waals surface area contributed by atoms with Crippen LogP contribution in [0.5, 0.6) is 5.75 Å². The summed E-state index contributed by atoms with van der Waals surface area (Å²) in [6.45, 7) is 6.58. The van der Waals surface area contributed by atoms with E-state index < -0.39 is 0 Å². The van der Waals surface area contributed by atoms with Crippen molar-refractivity contribution in [2.75, 3.05) is 19.0 Å². The van der Waals surface area contributed by atoms with Gasteiger partial charge in [-0.1, -0.05) is 13.8 Å². The van der Waals surface area contributed by atoms with E-state index in [9.17, 15) is 9.59 Å². The van der Waals surface area contributed by atoms with Gasteiger partial charge >= 0.3 is 0 Å². The molecule has 0 aliphatic carbocycles. The van der Waals surface area contributed by atoms with Crippen LogP contribution in [0.25, 0.3) is 0 Å². The molecule has 0 bridgehead atoms. The fourth-order valence-corrected chi connectivity index (χ4v) is 2.90. The summed E-state index contributed by atoms with van der Waals surface area (Å²) in [5, 5.41) is 7.55. The van der Waals surface area contributed by atoms with Crippen LogP contribution >= 0.6 is 11.3 Å². The zero-order valence-corrected chi connectivity index (χ0v) is 15.1. The van der Waals surface area contributed by atoms with Crippen molar-refractivity contribution in [1.82, 2.24) is 5.32 Å². The predicted octanol–water partition coefficient (Wildman–Crippen LogP) is 3.70. The van der Waals surface area contributed by atoms with E-state index in [4.69, 9.17) is 4.74 Å². The quantitative estimate of drug-likeness (QED) is 0.838. The summed E-state index contributed by atoms with van der Waals surface area (Å²) in [6, 6.07) is 6.99. The number of benzene rings is 1. The molecular weight excluding hydrogens is 324 g/mol. The number of hydrogen-bond donors (Lipinski definition) is 2. The summed E-state index contributed by atoms with van der Waals surface area (Å²) in [6.07, 6.45) is 0. The maximum Gasteiger partial charge on any atom is 0.269 e. The Morgan fingerprint density at radius 3 is 2.58 bits per heavy atom. The summed E-state index contributed by atoms with van der Waals surface area (Å²) in [5.41, 5.74) is 2.09. The van der Waals surface area contributed by atoms with Crippen LogP contribution in [0.2, 0.25) is 0 Å². The minimum absolute atomic E-state index is 0.107. The lowest BCUT2D eigenvalue weighted by Gasteiger charge is -2.11. The first kappa shape index (κ1) is 18.0. The smallest absolute Gasteiger partial charge is 0.269 e. The Hall–Kier alpha value is -2.34. The number of anilines is 1. The topological polar surface area (TPSA) is 67.4 Å². The molecule has 2 amide bonds. The van der Waals surface area contributed by atoms with Gasteiger partial charge in [0.2, 0.25) is 0 Å². The summed E-state index contributed by atoms with van der Waals surface area (Å²) in [5.74, 6) is 0.626. The van der Waals surface area contributed by atoms with Gasteiger partial charge in [0, 0.05) is 17.8 Å². The molecule has 1 heterocycles. The first-order chi connectivity index (χ1) is 11.4. The number of aryl methyl sites for hydroxylation is 1. The van der Waals surface area contributed by atoms with Gasteiger partial charge in [-0.25, -0.2) is 0 Å². The molecule has 0 saturated heterocycles. The molecule has 1 aromatic heterocycles. The Bertz CT molecular complexity index is 738. The van der Waals surface area contributed by atoms with Crippen molar-refractivity contribution in [2.45, 2.75) is 20.8 Å². The van der Waals surface area contributed by atoms with Crippen LogP contribution in [-0.4, -0.2) is 25.5 Å². The van der Waals surface area contributed by atoms with Crippen LogP contribution in [0.15, 0.2) is 29.6 Å². The number of carbonyl (C=O) groups excluding carboxylic acids is 2. The van der Waals surface area contributed by atoms with Crippen molar-refractivity contribution in [3.05, 3.63) is 45.6 Å². The molecule has 2 aromatic rings. The second-order valence-corrected chi connectivity index (χ2v) is 6.82. The molecule has 5 nitrogen and oxygen atoms in total. The molecule has 0 fully saturated rings. The molecule has 0 aliphatic heterocycles. The average Bonchev–Trinajstić information content (AvgIpc) is 3.03. The molecule has 0 spiro atoms. The van der Waals surface area contributed by atoms with E-state index in [1.54, 1.807) is 24.3 Å². The van der Waals surface area contributed by atoms with Gasteiger partial charge in [0.25, 0.3) is 11.8 Å². The van der Waals surface area contributed by atoms with Gasteiger partial charge in [-0.05, 0) is 48.1 Å². The highest BCUT2D eigenvalue weighted by Crippen LogP contribution is 2.26. The number of thiophene rings is 1. The highest BCUT2D eigenvalue weighted by molar-refractivity contribution is 7.12. The molecular formula is C18H22N2O3S. The third kappa shape index (κ3) is 4.35. The van der Waals surface area contributed by atoms with Crippen molar-refractivity contribution in [3.8, 4) is 5.75 Å². The largest absolute Gasteiger partial charge is 0.495 e. The van der Waals surface area contributed by atoms with E-state index in [0.717, 1.165) is 5.56 Å². The maximum absolute atomic E-state index is 12.3. The standard InChI is InChI=1S/C18H22N2O3S/c1-11(2)10-19-17(21)13-5-6-14(12(3)9-13)20-18(22)16-15(23-4)7-8-24-16/h5-9,11H,10H2,1-4H3,(H,19,21)(H,20,22). The first-order valence-electron chi connectivity index (χ1n) is 7.74. The van der Waals surface area contributed by atoms with E-state index in [1.165, 1.54) is 18.4 Å². The number of ether oxygens (including phenoxy) is 1. The first-order valence-corrected chi connectivity index (χ1v) is 8.62. The third-order valence-corrected chi connectivity index (χ3v) is 4.36. The Labute approximate surface area is 146 Å². The van der Waals surface area contributed by atoms with Gasteiger partial charge in [-0.15, -0.1) is 11.3 Å². The molecule has 0 saturated carbocycles. The van der Waals surface area contributed by atoms with Gasteiger partial charge < -0.3 is 15.4 Å². The van der Waals surface area contributed by atoms with Crippen molar-refractivity contribution in [3.63, 3.8) is 0 Å². The SMILES string of the molecule is COc1ccsc1C(=O)Nc1ccc(C(=O)NCC(C)C)cc1C. The predicted molar refractivity (Wildman–Crippen MR) is 97.2 cm³/mol. The van der Waals surface area contributed by atoms with Gasteiger partial charge in [-0.3, -0.25) is 9.59 Å². The maximum atomic E-state index is 12.3. The van der Waals surface area contributed by atoms with E-state index in [2.05, 4.69) is 10.6 Å². The molecule has 0 aliphatic rings. The molecule has 2 rings (SSSR count). The molecule has 0 atom stereocenters. The van der Waals surface area contributed by atoms with Gasteiger partial charge in [-0.2, -0.15) is 0 Å². The molecule has 24 heavy (non-hydrogen) atoms. The Balaban J connectivity index is 2.10. The van der Waals surface area contributed by atoms with Crippen LogP contribution in [-0.2, 0) is 0 Å². The van der Waals surface area contributed by atoms with Crippen LogP contribution in [0.4, 0.5) is 5.69 Å². The molecule has 128 valence electrons. The number of carbonyl (C=O) groups is 2. The minimum Gasteiger partial charge on any atom is -0.495 e. The van der Waals surface area contributed by atoms with Gasteiger partial charge in [0.15, 0.2) is 0 Å². The van der Waals surface area contributed by atoms with E-state index in [0.29, 0.717) is 34.3 Å². The lowest BCUT2D eigenvalue weighted by Crippen LogP contribution is -2.27. The molecule has 0 radical (unpaired) electrons. The highest BCUT2D eigenvalue weighted by Gasteiger charge is 2.15.